The van der Waals surface area contributed by atoms with Gasteiger partial charge in [0.05, 0.1) is 31.7 Å². The van der Waals surface area contributed by atoms with Crippen molar-refractivity contribution < 1.29 is 17.9 Å². The van der Waals surface area contributed by atoms with Gasteiger partial charge in [-0.05, 0) is 18.8 Å². The Kier molecular flexibility index (Phi) is 7.53. The van der Waals surface area contributed by atoms with E-state index in [1.165, 1.54) is 19.3 Å². The molecule has 18 heavy (non-hydrogen) atoms. The standard InChI is InChI=1S/C12H23ClO4S/c1-2-11-4-3-5-12(10-11)17-7-6-16-8-9-18(13,14)15/h11-12H,2-10H2,1H3. The van der Waals surface area contributed by atoms with Gasteiger partial charge in [-0.1, -0.05) is 26.2 Å². The van der Waals surface area contributed by atoms with E-state index in [0.29, 0.717) is 19.3 Å². The van der Waals surface area contributed by atoms with Crippen LogP contribution in [0.2, 0.25) is 0 Å². The van der Waals surface area contributed by atoms with Gasteiger partial charge in [-0.3, -0.25) is 0 Å². The van der Waals surface area contributed by atoms with E-state index in [1.807, 2.05) is 0 Å². The predicted octanol–water partition coefficient (Wildman–Crippen LogP) is 2.56. The third kappa shape index (κ3) is 7.56. The fraction of sp³-hybridized carbons (Fsp3) is 1.00. The quantitative estimate of drug-likeness (QED) is 0.510. The molecule has 1 aliphatic carbocycles. The predicted molar refractivity (Wildman–Crippen MR) is 72.4 cm³/mol. The molecule has 0 radical (unpaired) electrons. The van der Waals surface area contributed by atoms with Crippen LogP contribution in [0.25, 0.3) is 0 Å². The van der Waals surface area contributed by atoms with Crippen LogP contribution in [-0.4, -0.2) is 40.1 Å². The molecule has 1 fully saturated rings. The van der Waals surface area contributed by atoms with Crippen molar-refractivity contribution in [2.75, 3.05) is 25.6 Å². The first kappa shape index (κ1) is 16.2. The maximum absolute atomic E-state index is 10.6. The molecular formula is C12H23ClO4S. The lowest BCUT2D eigenvalue weighted by Crippen LogP contribution is -2.24. The minimum Gasteiger partial charge on any atom is -0.378 e. The zero-order chi connectivity index (χ0) is 13.4. The Morgan fingerprint density at radius 2 is 2.00 bits per heavy atom. The summed E-state index contributed by atoms with van der Waals surface area (Å²) in [7, 11) is 1.62. The smallest absolute Gasteiger partial charge is 0.234 e. The lowest BCUT2D eigenvalue weighted by Gasteiger charge is -2.28. The third-order valence-corrected chi connectivity index (χ3v) is 4.48. The van der Waals surface area contributed by atoms with Gasteiger partial charge in [0.1, 0.15) is 0 Å². The minimum atomic E-state index is -3.44. The second-order valence-electron chi connectivity index (χ2n) is 4.79. The Balaban J connectivity index is 2.00. The Hall–Kier alpha value is 0.160. The molecule has 0 heterocycles. The summed E-state index contributed by atoms with van der Waals surface area (Å²) < 4.78 is 32.2. The first-order chi connectivity index (χ1) is 8.51. The lowest BCUT2D eigenvalue weighted by atomic mass is 9.85. The molecule has 2 atom stereocenters. The van der Waals surface area contributed by atoms with Gasteiger partial charge in [-0.2, -0.15) is 0 Å². The van der Waals surface area contributed by atoms with Crippen molar-refractivity contribution in [3.05, 3.63) is 0 Å². The summed E-state index contributed by atoms with van der Waals surface area (Å²) in [5.41, 5.74) is 0. The van der Waals surface area contributed by atoms with E-state index in [9.17, 15) is 8.42 Å². The molecule has 0 aromatic rings. The van der Waals surface area contributed by atoms with Crippen molar-refractivity contribution in [3.63, 3.8) is 0 Å². The van der Waals surface area contributed by atoms with E-state index in [1.54, 1.807) is 0 Å². The van der Waals surface area contributed by atoms with E-state index in [2.05, 4.69) is 6.92 Å². The monoisotopic (exact) mass is 298 g/mol. The number of halogens is 1. The maximum Gasteiger partial charge on any atom is 0.234 e. The molecule has 0 saturated heterocycles. The van der Waals surface area contributed by atoms with Gasteiger partial charge < -0.3 is 9.47 Å². The summed E-state index contributed by atoms with van der Waals surface area (Å²) in [6.45, 7) is 3.32. The highest BCUT2D eigenvalue weighted by molar-refractivity contribution is 8.13. The highest BCUT2D eigenvalue weighted by atomic mass is 35.7. The summed E-state index contributed by atoms with van der Waals surface area (Å²) in [5.74, 6) is 0.654. The van der Waals surface area contributed by atoms with Crippen molar-refractivity contribution in [1.29, 1.82) is 0 Å². The number of rotatable bonds is 8. The summed E-state index contributed by atoms with van der Waals surface area (Å²) >= 11 is 0. The van der Waals surface area contributed by atoms with Gasteiger partial charge in [0, 0.05) is 10.7 Å². The Morgan fingerprint density at radius 1 is 1.22 bits per heavy atom. The van der Waals surface area contributed by atoms with Crippen LogP contribution in [-0.2, 0) is 18.5 Å². The molecule has 108 valence electrons. The molecule has 1 aliphatic rings. The largest absolute Gasteiger partial charge is 0.378 e. The van der Waals surface area contributed by atoms with Crippen LogP contribution >= 0.6 is 10.7 Å². The summed E-state index contributed by atoms with van der Waals surface area (Å²) in [6, 6.07) is 0. The Labute approximate surface area is 114 Å². The molecule has 0 amide bonds. The maximum atomic E-state index is 10.6. The molecule has 0 bridgehead atoms. The average molecular weight is 299 g/mol. The lowest BCUT2D eigenvalue weighted by molar-refractivity contribution is -0.0180. The molecule has 4 nitrogen and oxygen atoms in total. The van der Waals surface area contributed by atoms with E-state index in [0.717, 1.165) is 18.8 Å². The Bertz CT molecular complexity index is 318. The van der Waals surface area contributed by atoms with E-state index in [-0.39, 0.29) is 12.4 Å². The SMILES string of the molecule is CCC1CCCC(OCCOCCS(=O)(=O)Cl)C1. The van der Waals surface area contributed by atoms with Crippen LogP contribution in [0, 0.1) is 5.92 Å². The normalized spacial score (nSPS) is 25.2. The summed E-state index contributed by atoms with van der Waals surface area (Å²) in [4.78, 5) is 0. The van der Waals surface area contributed by atoms with Crippen LogP contribution in [0.3, 0.4) is 0 Å². The van der Waals surface area contributed by atoms with Crippen LogP contribution in [0.4, 0.5) is 0 Å². The van der Waals surface area contributed by atoms with Crippen molar-refractivity contribution in [3.8, 4) is 0 Å². The molecular weight excluding hydrogens is 276 g/mol. The first-order valence-electron chi connectivity index (χ1n) is 6.63. The van der Waals surface area contributed by atoms with Gasteiger partial charge in [0.15, 0.2) is 0 Å². The third-order valence-electron chi connectivity index (χ3n) is 3.36. The van der Waals surface area contributed by atoms with Crippen LogP contribution in [0.1, 0.15) is 39.0 Å². The minimum absolute atomic E-state index is 0.136. The Morgan fingerprint density at radius 3 is 2.67 bits per heavy atom. The van der Waals surface area contributed by atoms with Crippen molar-refractivity contribution in [2.24, 2.45) is 5.92 Å². The van der Waals surface area contributed by atoms with Gasteiger partial charge in [-0.15, -0.1) is 0 Å². The zero-order valence-electron chi connectivity index (χ0n) is 10.9. The first-order valence-corrected chi connectivity index (χ1v) is 9.10. The zero-order valence-corrected chi connectivity index (χ0v) is 12.5. The molecule has 6 heteroatoms. The molecule has 0 aromatic carbocycles. The average Bonchev–Trinajstić information content (AvgIpc) is 2.32. The fourth-order valence-corrected chi connectivity index (χ4v) is 2.80. The van der Waals surface area contributed by atoms with Crippen LogP contribution < -0.4 is 0 Å². The van der Waals surface area contributed by atoms with Gasteiger partial charge in [0.2, 0.25) is 9.05 Å². The second kappa shape index (κ2) is 8.35. The summed E-state index contributed by atoms with van der Waals surface area (Å²) in [5, 5.41) is 0. The number of hydrogen-bond acceptors (Lipinski definition) is 4. The molecule has 0 spiro atoms. The van der Waals surface area contributed by atoms with Crippen LogP contribution in [0.5, 0.6) is 0 Å². The highest BCUT2D eigenvalue weighted by Crippen LogP contribution is 2.28. The van der Waals surface area contributed by atoms with Gasteiger partial charge in [-0.25, -0.2) is 8.42 Å². The second-order valence-corrected chi connectivity index (χ2v) is 7.69. The summed E-state index contributed by atoms with van der Waals surface area (Å²) in [6.07, 6.45) is 6.42. The van der Waals surface area contributed by atoms with Crippen LogP contribution in [0.15, 0.2) is 0 Å². The van der Waals surface area contributed by atoms with Crippen molar-refractivity contribution >= 4 is 19.7 Å². The molecule has 0 N–H and O–H groups in total. The van der Waals surface area contributed by atoms with Crippen molar-refractivity contribution in [2.45, 2.75) is 45.1 Å². The fourth-order valence-electron chi connectivity index (χ4n) is 2.30. The number of hydrogen-bond donors (Lipinski definition) is 0. The van der Waals surface area contributed by atoms with E-state index >= 15 is 0 Å². The topological polar surface area (TPSA) is 52.6 Å². The van der Waals surface area contributed by atoms with E-state index < -0.39 is 9.05 Å². The molecule has 0 aliphatic heterocycles. The van der Waals surface area contributed by atoms with Gasteiger partial charge >= 0.3 is 0 Å². The molecule has 1 rings (SSSR count). The molecule has 1 saturated carbocycles. The molecule has 2 unspecified atom stereocenters. The highest BCUT2D eigenvalue weighted by Gasteiger charge is 2.20. The van der Waals surface area contributed by atoms with E-state index in [4.69, 9.17) is 20.2 Å². The van der Waals surface area contributed by atoms with Gasteiger partial charge in [0.25, 0.3) is 0 Å². The number of ether oxygens (including phenoxy) is 2. The van der Waals surface area contributed by atoms with Crippen molar-refractivity contribution in [1.82, 2.24) is 0 Å². The molecule has 0 aromatic heterocycles.